The van der Waals surface area contributed by atoms with Gasteiger partial charge in [-0.1, -0.05) is 6.08 Å². The highest BCUT2D eigenvalue weighted by Crippen LogP contribution is 2.24. The van der Waals surface area contributed by atoms with Crippen LogP contribution in [0.2, 0.25) is 0 Å². The van der Waals surface area contributed by atoms with E-state index in [1.807, 2.05) is 0 Å². The van der Waals surface area contributed by atoms with Crippen molar-refractivity contribution in [2.75, 3.05) is 13.1 Å². The second-order valence-corrected chi connectivity index (χ2v) is 5.36. The maximum atomic E-state index is 12.2. The first-order valence-electron chi connectivity index (χ1n) is 7.60. The zero-order chi connectivity index (χ0) is 17.9. The average Bonchev–Trinajstić information content (AvgIpc) is 2.80. The number of carbonyl (C=O) groups is 4. The van der Waals surface area contributed by atoms with Gasteiger partial charge >= 0.3 is 0 Å². The minimum Gasteiger partial charge on any atom is -0.355 e. The standard InChI is InChI=1S/C17H19N3O4/c1-4-8-20-16(23)12-7-6-11(9-13(12)17(20)24)15(22)19-10(3)14(21)18-5-2/h4,6-7,9-10H,1,5,8H2,2-3H3,(H,18,21)(H,19,22)/t10-/m1/s1. The fourth-order valence-corrected chi connectivity index (χ4v) is 2.40. The molecule has 126 valence electrons. The summed E-state index contributed by atoms with van der Waals surface area (Å²) in [6.45, 7) is 7.45. The van der Waals surface area contributed by atoms with E-state index in [4.69, 9.17) is 0 Å². The number of imide groups is 1. The van der Waals surface area contributed by atoms with Gasteiger partial charge in [0.2, 0.25) is 5.91 Å². The molecule has 0 saturated heterocycles. The van der Waals surface area contributed by atoms with Crippen molar-refractivity contribution in [1.29, 1.82) is 0 Å². The molecule has 0 saturated carbocycles. The molecule has 1 atom stereocenters. The maximum Gasteiger partial charge on any atom is 0.261 e. The molecule has 0 aliphatic carbocycles. The number of likely N-dealkylation sites (N-methyl/N-ethyl adjacent to an activating group) is 1. The van der Waals surface area contributed by atoms with E-state index in [0.29, 0.717) is 6.54 Å². The first kappa shape index (κ1) is 17.4. The predicted molar refractivity (Wildman–Crippen MR) is 87.6 cm³/mol. The molecule has 2 rings (SSSR count). The van der Waals surface area contributed by atoms with Crippen LogP contribution in [0.15, 0.2) is 30.9 Å². The summed E-state index contributed by atoms with van der Waals surface area (Å²) in [6, 6.07) is 3.57. The van der Waals surface area contributed by atoms with Gasteiger partial charge in [-0.3, -0.25) is 24.1 Å². The Kier molecular flexibility index (Phi) is 5.13. The van der Waals surface area contributed by atoms with Crippen LogP contribution in [0.1, 0.15) is 44.9 Å². The van der Waals surface area contributed by atoms with Crippen LogP contribution in [-0.2, 0) is 4.79 Å². The van der Waals surface area contributed by atoms with E-state index in [9.17, 15) is 19.2 Å². The van der Waals surface area contributed by atoms with Crippen molar-refractivity contribution in [1.82, 2.24) is 15.5 Å². The van der Waals surface area contributed by atoms with E-state index in [2.05, 4.69) is 17.2 Å². The predicted octanol–water partition coefficient (Wildman–Crippen LogP) is 0.723. The molecular formula is C17H19N3O4. The van der Waals surface area contributed by atoms with E-state index in [-0.39, 0.29) is 29.1 Å². The van der Waals surface area contributed by atoms with Crippen LogP contribution in [0.25, 0.3) is 0 Å². The number of nitrogens with zero attached hydrogens (tertiary/aromatic N) is 1. The molecule has 7 heteroatoms. The monoisotopic (exact) mass is 329 g/mol. The third kappa shape index (κ3) is 3.19. The summed E-state index contributed by atoms with van der Waals surface area (Å²) in [5.41, 5.74) is 0.654. The lowest BCUT2D eigenvalue weighted by molar-refractivity contribution is -0.122. The van der Waals surface area contributed by atoms with Crippen molar-refractivity contribution in [2.24, 2.45) is 0 Å². The molecule has 24 heavy (non-hydrogen) atoms. The summed E-state index contributed by atoms with van der Waals surface area (Å²) in [4.78, 5) is 49.3. The van der Waals surface area contributed by atoms with Crippen LogP contribution >= 0.6 is 0 Å². The Bertz CT molecular complexity index is 727. The summed E-state index contributed by atoms with van der Waals surface area (Å²) >= 11 is 0. The lowest BCUT2D eigenvalue weighted by atomic mass is 10.1. The van der Waals surface area contributed by atoms with Gasteiger partial charge in [-0.25, -0.2) is 0 Å². The van der Waals surface area contributed by atoms with Gasteiger partial charge in [-0.2, -0.15) is 0 Å². The molecule has 0 radical (unpaired) electrons. The number of nitrogens with one attached hydrogen (secondary N) is 2. The van der Waals surface area contributed by atoms with Gasteiger partial charge in [-0.15, -0.1) is 6.58 Å². The Balaban J connectivity index is 2.19. The molecule has 1 aliphatic rings. The zero-order valence-corrected chi connectivity index (χ0v) is 13.6. The van der Waals surface area contributed by atoms with Gasteiger partial charge in [0.1, 0.15) is 6.04 Å². The molecule has 7 nitrogen and oxygen atoms in total. The first-order valence-corrected chi connectivity index (χ1v) is 7.60. The molecule has 1 heterocycles. The highest BCUT2D eigenvalue weighted by molar-refractivity contribution is 6.22. The van der Waals surface area contributed by atoms with Gasteiger partial charge in [0.15, 0.2) is 0 Å². The zero-order valence-electron chi connectivity index (χ0n) is 13.6. The number of hydrogen-bond donors (Lipinski definition) is 2. The summed E-state index contributed by atoms with van der Waals surface area (Å²) in [5.74, 6) is -1.65. The minimum absolute atomic E-state index is 0.113. The van der Waals surface area contributed by atoms with Crippen molar-refractivity contribution in [3.8, 4) is 0 Å². The van der Waals surface area contributed by atoms with Crippen LogP contribution in [0.5, 0.6) is 0 Å². The van der Waals surface area contributed by atoms with Crippen LogP contribution in [0, 0.1) is 0 Å². The summed E-state index contributed by atoms with van der Waals surface area (Å²) in [7, 11) is 0. The molecule has 4 amide bonds. The molecule has 0 bridgehead atoms. The van der Waals surface area contributed by atoms with Crippen molar-refractivity contribution in [3.63, 3.8) is 0 Å². The smallest absolute Gasteiger partial charge is 0.261 e. The topological polar surface area (TPSA) is 95.6 Å². The number of carbonyl (C=O) groups excluding carboxylic acids is 4. The summed E-state index contributed by atoms with van der Waals surface area (Å²) in [5, 5.41) is 5.17. The second-order valence-electron chi connectivity index (χ2n) is 5.36. The molecule has 1 aliphatic heterocycles. The molecule has 0 spiro atoms. The Morgan fingerprint density at radius 1 is 1.25 bits per heavy atom. The number of hydrogen-bond acceptors (Lipinski definition) is 4. The molecule has 0 aromatic heterocycles. The quantitative estimate of drug-likeness (QED) is 0.594. The number of benzene rings is 1. The van der Waals surface area contributed by atoms with E-state index < -0.39 is 23.8 Å². The summed E-state index contributed by atoms with van der Waals surface area (Å²) < 4.78 is 0. The molecule has 1 aromatic carbocycles. The fourth-order valence-electron chi connectivity index (χ4n) is 2.40. The van der Waals surface area contributed by atoms with Gasteiger partial charge in [-0.05, 0) is 32.0 Å². The highest BCUT2D eigenvalue weighted by atomic mass is 16.2. The first-order chi connectivity index (χ1) is 11.4. The molecule has 1 aromatic rings. The van der Waals surface area contributed by atoms with Crippen molar-refractivity contribution >= 4 is 23.6 Å². The second kappa shape index (κ2) is 7.08. The molecule has 0 unspecified atom stereocenters. The minimum atomic E-state index is -0.708. The maximum absolute atomic E-state index is 12.2. The van der Waals surface area contributed by atoms with Gasteiger partial charge in [0.05, 0.1) is 11.1 Å². The molecular weight excluding hydrogens is 310 g/mol. The third-order valence-corrected chi connectivity index (χ3v) is 3.64. The highest BCUT2D eigenvalue weighted by Gasteiger charge is 2.35. The van der Waals surface area contributed by atoms with Crippen LogP contribution in [-0.4, -0.2) is 47.7 Å². The Hall–Kier alpha value is -2.96. The van der Waals surface area contributed by atoms with Crippen molar-refractivity contribution in [2.45, 2.75) is 19.9 Å². The lowest BCUT2D eigenvalue weighted by Crippen LogP contribution is -2.44. The van der Waals surface area contributed by atoms with Crippen LogP contribution in [0.3, 0.4) is 0 Å². The van der Waals surface area contributed by atoms with E-state index in [1.165, 1.54) is 24.3 Å². The van der Waals surface area contributed by atoms with E-state index in [1.54, 1.807) is 13.8 Å². The molecule has 0 fully saturated rings. The number of amides is 4. The van der Waals surface area contributed by atoms with Crippen LogP contribution < -0.4 is 10.6 Å². The fraction of sp³-hybridized carbons (Fsp3) is 0.294. The molecule has 2 N–H and O–H groups in total. The number of fused-ring (bicyclic) bond motifs is 1. The van der Waals surface area contributed by atoms with Gasteiger partial charge in [0.25, 0.3) is 17.7 Å². The van der Waals surface area contributed by atoms with Gasteiger partial charge < -0.3 is 10.6 Å². The van der Waals surface area contributed by atoms with E-state index >= 15 is 0 Å². The Morgan fingerprint density at radius 3 is 2.54 bits per heavy atom. The number of rotatable bonds is 6. The SMILES string of the molecule is C=CCN1C(=O)c2ccc(C(=O)N[C@H](C)C(=O)NCC)cc2C1=O. The largest absolute Gasteiger partial charge is 0.355 e. The van der Waals surface area contributed by atoms with Crippen molar-refractivity contribution < 1.29 is 19.2 Å². The van der Waals surface area contributed by atoms with E-state index in [0.717, 1.165) is 4.90 Å². The lowest BCUT2D eigenvalue weighted by Gasteiger charge is -2.13. The van der Waals surface area contributed by atoms with Crippen molar-refractivity contribution in [3.05, 3.63) is 47.5 Å². The van der Waals surface area contributed by atoms with Crippen LogP contribution in [0.4, 0.5) is 0 Å². The summed E-state index contributed by atoms with van der Waals surface area (Å²) in [6.07, 6.45) is 1.46. The Labute approximate surface area is 139 Å². The third-order valence-electron chi connectivity index (χ3n) is 3.64. The normalized spacial score (nSPS) is 14.2. The average molecular weight is 329 g/mol. The van der Waals surface area contributed by atoms with Gasteiger partial charge in [0, 0.05) is 18.7 Å². The Morgan fingerprint density at radius 2 is 1.92 bits per heavy atom.